The predicted octanol–water partition coefficient (Wildman–Crippen LogP) is 18.1. The zero-order chi connectivity index (χ0) is 67.3. The molecular weight excluding hydrogens is 1170 g/mol. The maximum absolute atomic E-state index is 13.4. The summed E-state index contributed by atoms with van der Waals surface area (Å²) in [4.78, 5) is 13.4. The van der Waals surface area contributed by atoms with Gasteiger partial charge in [-0.05, 0) is 19.3 Å². The number of rotatable bonds is 69. The van der Waals surface area contributed by atoms with E-state index in [-0.39, 0.29) is 18.9 Å². The Bertz CT molecular complexity index is 1610. The van der Waals surface area contributed by atoms with E-state index < -0.39 is 86.8 Å². The quantitative estimate of drug-likeness (QED) is 0.0204. The molecule has 0 aromatic heterocycles. The normalized spacial score (nSPS) is 22.5. The number of hydrogen-bond donors (Lipinski definition) is 9. The van der Waals surface area contributed by atoms with E-state index in [4.69, 9.17) is 18.9 Å². The summed E-state index contributed by atoms with van der Waals surface area (Å²) in [5.74, 6) is -0.228. The van der Waals surface area contributed by atoms with Crippen molar-refractivity contribution >= 4 is 5.91 Å². The molecule has 14 heteroatoms. The number of carbonyl (C=O) groups is 1. The molecule has 1 amide bonds. The first-order chi connectivity index (χ1) is 45.6. The Morgan fingerprint density at radius 1 is 0.376 bits per heavy atom. The van der Waals surface area contributed by atoms with Crippen LogP contribution in [0.3, 0.4) is 0 Å². The molecule has 0 bridgehead atoms. The van der Waals surface area contributed by atoms with Crippen LogP contribution in [0.2, 0.25) is 0 Å². The van der Waals surface area contributed by atoms with Crippen LogP contribution in [-0.4, -0.2) is 140 Å². The maximum Gasteiger partial charge on any atom is 0.220 e. The number of aliphatic hydroxyl groups is 8. The third-order valence-electron chi connectivity index (χ3n) is 20.2. The molecule has 93 heavy (non-hydrogen) atoms. The van der Waals surface area contributed by atoms with Crippen LogP contribution in [0.1, 0.15) is 393 Å². The van der Waals surface area contributed by atoms with Crippen molar-refractivity contribution in [3.63, 3.8) is 0 Å². The zero-order valence-electron chi connectivity index (χ0n) is 60.5. The number of ether oxygens (including phenoxy) is 4. The van der Waals surface area contributed by atoms with Crippen LogP contribution < -0.4 is 5.32 Å². The van der Waals surface area contributed by atoms with Gasteiger partial charge < -0.3 is 65.1 Å². The topological polar surface area (TPSA) is 228 Å². The fourth-order valence-electron chi connectivity index (χ4n) is 13.8. The third-order valence-corrected chi connectivity index (χ3v) is 20.2. The molecule has 0 saturated carbocycles. The fraction of sp³-hybridized carbons (Fsp3) is 0.962. The van der Waals surface area contributed by atoms with Crippen molar-refractivity contribution in [1.82, 2.24) is 5.32 Å². The van der Waals surface area contributed by atoms with Crippen molar-refractivity contribution in [3.8, 4) is 0 Å². The first-order valence-corrected chi connectivity index (χ1v) is 40.4. The number of unbranched alkanes of at least 4 members (excludes halogenated alkanes) is 56. The molecule has 14 nitrogen and oxygen atoms in total. The molecule has 2 rings (SSSR count). The lowest BCUT2D eigenvalue weighted by molar-refractivity contribution is -0.359. The number of aliphatic hydroxyl groups excluding tert-OH is 8. The highest BCUT2D eigenvalue weighted by Gasteiger charge is 2.51. The minimum absolute atomic E-state index is 0.228. The van der Waals surface area contributed by atoms with Crippen molar-refractivity contribution in [3.05, 3.63) is 12.2 Å². The van der Waals surface area contributed by atoms with Crippen LogP contribution in [0.5, 0.6) is 0 Å². The predicted molar refractivity (Wildman–Crippen MR) is 383 cm³/mol. The highest BCUT2D eigenvalue weighted by molar-refractivity contribution is 5.76. The second-order valence-electron chi connectivity index (χ2n) is 28.9. The molecule has 12 atom stereocenters. The molecule has 2 aliphatic heterocycles. The van der Waals surface area contributed by atoms with E-state index in [1.54, 1.807) is 6.08 Å². The van der Waals surface area contributed by atoms with E-state index in [2.05, 4.69) is 19.2 Å². The highest BCUT2D eigenvalue weighted by atomic mass is 16.7. The van der Waals surface area contributed by atoms with E-state index in [9.17, 15) is 45.6 Å². The van der Waals surface area contributed by atoms with Gasteiger partial charge in [0.25, 0.3) is 0 Å². The summed E-state index contributed by atoms with van der Waals surface area (Å²) >= 11 is 0. The summed E-state index contributed by atoms with van der Waals surface area (Å²) in [6.45, 7) is 2.88. The molecule has 0 aliphatic carbocycles. The van der Waals surface area contributed by atoms with Crippen LogP contribution in [0.25, 0.3) is 0 Å². The Morgan fingerprint density at radius 2 is 0.667 bits per heavy atom. The lowest BCUT2D eigenvalue weighted by Crippen LogP contribution is -2.65. The van der Waals surface area contributed by atoms with E-state index in [0.29, 0.717) is 0 Å². The number of amides is 1. The Balaban J connectivity index is 1.61. The minimum Gasteiger partial charge on any atom is -0.394 e. The summed E-state index contributed by atoms with van der Waals surface area (Å²) in [6, 6.07) is -0.912. The largest absolute Gasteiger partial charge is 0.394 e. The van der Waals surface area contributed by atoms with Gasteiger partial charge in [-0.2, -0.15) is 0 Å². The van der Waals surface area contributed by atoms with Crippen molar-refractivity contribution in [1.29, 1.82) is 0 Å². The van der Waals surface area contributed by atoms with Crippen LogP contribution in [-0.2, 0) is 23.7 Å². The molecule has 552 valence electrons. The number of hydrogen-bond acceptors (Lipinski definition) is 13. The van der Waals surface area contributed by atoms with Crippen LogP contribution in [0, 0.1) is 0 Å². The Morgan fingerprint density at radius 3 is 0.989 bits per heavy atom. The number of nitrogens with one attached hydrogen (secondary N) is 1. The van der Waals surface area contributed by atoms with Gasteiger partial charge in [-0.1, -0.05) is 379 Å². The average molecular weight is 1330 g/mol. The molecule has 2 heterocycles. The van der Waals surface area contributed by atoms with Gasteiger partial charge >= 0.3 is 0 Å². The molecule has 2 saturated heterocycles. The zero-order valence-corrected chi connectivity index (χ0v) is 60.5. The first-order valence-electron chi connectivity index (χ1n) is 40.4. The molecular formula is C79H153NO13. The molecule has 0 radical (unpaired) electrons. The Hall–Kier alpha value is -1.27. The van der Waals surface area contributed by atoms with Gasteiger partial charge in [-0.15, -0.1) is 0 Å². The molecule has 0 aromatic carbocycles. The SMILES string of the molecule is CCCCCCCCCCCCCCCCCCCCCCCCCCCC/C=C/C(O)C(COC1OC(CO)C(OC2OC(CO)C(O)C(O)C2O)C(O)C1O)NC(=O)CCCCCCCCCCCCCCCCCCCCCCCCCCCCCCCCC. The van der Waals surface area contributed by atoms with Crippen molar-refractivity contribution in [2.75, 3.05) is 19.8 Å². The van der Waals surface area contributed by atoms with E-state index in [1.165, 1.54) is 327 Å². The Kier molecular flexibility index (Phi) is 60.6. The summed E-state index contributed by atoms with van der Waals surface area (Å²) in [6.07, 6.45) is 64.4. The molecule has 9 N–H and O–H groups in total. The third kappa shape index (κ3) is 47.4. The number of allylic oxidation sites excluding steroid dienone is 1. The minimum atomic E-state index is -1.79. The Labute approximate surface area is 571 Å². The van der Waals surface area contributed by atoms with Crippen LogP contribution >= 0.6 is 0 Å². The van der Waals surface area contributed by atoms with Gasteiger partial charge in [0.2, 0.25) is 5.91 Å². The van der Waals surface area contributed by atoms with Crippen molar-refractivity contribution < 1.29 is 64.6 Å². The summed E-state index contributed by atoms with van der Waals surface area (Å²) in [7, 11) is 0. The van der Waals surface area contributed by atoms with E-state index in [1.807, 2.05) is 6.08 Å². The molecule has 2 aliphatic rings. The lowest BCUT2D eigenvalue weighted by atomic mass is 9.97. The van der Waals surface area contributed by atoms with Gasteiger partial charge in [-0.3, -0.25) is 4.79 Å². The second-order valence-corrected chi connectivity index (χ2v) is 28.9. The van der Waals surface area contributed by atoms with Gasteiger partial charge in [0, 0.05) is 6.42 Å². The summed E-state index contributed by atoms with van der Waals surface area (Å²) < 4.78 is 22.9. The molecule has 0 aromatic rings. The van der Waals surface area contributed by atoms with Crippen LogP contribution in [0.4, 0.5) is 0 Å². The van der Waals surface area contributed by atoms with Gasteiger partial charge in [0.1, 0.15) is 48.8 Å². The smallest absolute Gasteiger partial charge is 0.220 e. The standard InChI is InChI=1S/C79H153NO13/c1-3-5-7-9-11-13-15-17-19-21-23-25-27-29-31-33-34-35-37-39-41-43-45-47-49-51-53-55-57-59-61-63-71(84)80-67(66-90-78-76(89)74(87)77(70(65-82)92-78)93-79-75(88)73(86)72(85)69(64-81)91-79)68(83)62-60-58-56-54-52-50-48-46-44-42-40-38-36-32-30-28-26-24-22-20-18-16-14-12-10-8-6-4-2/h60,62,67-70,72-79,81-83,85-89H,3-59,61,63-66H2,1-2H3,(H,80,84)/b62-60+. The van der Waals surface area contributed by atoms with Crippen LogP contribution in [0.15, 0.2) is 12.2 Å². The fourth-order valence-corrected chi connectivity index (χ4v) is 13.8. The lowest BCUT2D eigenvalue weighted by Gasteiger charge is -2.46. The monoisotopic (exact) mass is 1320 g/mol. The second kappa shape index (κ2) is 64.1. The average Bonchev–Trinajstić information content (AvgIpc) is 0.846. The van der Waals surface area contributed by atoms with Crippen molar-refractivity contribution in [2.45, 2.75) is 466 Å². The van der Waals surface area contributed by atoms with Gasteiger partial charge in [0.15, 0.2) is 12.6 Å². The molecule has 12 unspecified atom stereocenters. The van der Waals surface area contributed by atoms with E-state index >= 15 is 0 Å². The molecule has 0 spiro atoms. The number of carbonyl (C=O) groups excluding carboxylic acids is 1. The van der Waals surface area contributed by atoms with Crippen molar-refractivity contribution in [2.24, 2.45) is 0 Å². The van der Waals surface area contributed by atoms with Gasteiger partial charge in [0.05, 0.1) is 32.0 Å². The maximum atomic E-state index is 13.4. The summed E-state index contributed by atoms with van der Waals surface area (Å²) in [5.41, 5.74) is 0. The van der Waals surface area contributed by atoms with Gasteiger partial charge in [-0.25, -0.2) is 0 Å². The summed E-state index contributed by atoms with van der Waals surface area (Å²) in [5, 5.41) is 87.7. The molecule has 2 fully saturated rings. The van der Waals surface area contributed by atoms with E-state index in [0.717, 1.165) is 44.9 Å². The first kappa shape index (κ1) is 87.8. The highest BCUT2D eigenvalue weighted by Crippen LogP contribution is 2.30.